The number of hydrogen-bond acceptors (Lipinski definition) is 3. The Morgan fingerprint density at radius 3 is 2.70 bits per heavy atom. The van der Waals surface area contributed by atoms with Gasteiger partial charge in [-0.25, -0.2) is 4.52 Å². The lowest BCUT2D eigenvalue weighted by atomic mass is 10.1. The van der Waals surface area contributed by atoms with Gasteiger partial charge in [0.25, 0.3) is 5.91 Å². The molecule has 0 aliphatic heterocycles. The third-order valence-corrected chi connectivity index (χ3v) is 3.61. The first-order valence-corrected chi connectivity index (χ1v) is 7.26. The van der Waals surface area contributed by atoms with Gasteiger partial charge in [0.15, 0.2) is 0 Å². The largest absolute Gasteiger partial charge is 0.348 e. The molecule has 5 nitrogen and oxygen atoms in total. The number of rotatable bonds is 5. The summed E-state index contributed by atoms with van der Waals surface area (Å²) < 4.78 is 1.79. The summed E-state index contributed by atoms with van der Waals surface area (Å²) in [5.74, 6) is -0.0826. The molecule has 0 unspecified atom stereocenters. The van der Waals surface area contributed by atoms with Gasteiger partial charge in [0.1, 0.15) is 0 Å². The second-order valence-corrected chi connectivity index (χ2v) is 5.11. The Morgan fingerprint density at radius 2 is 1.96 bits per heavy atom. The molecule has 6 heteroatoms. The van der Waals surface area contributed by atoms with Crippen LogP contribution in [0, 0.1) is 0 Å². The van der Waals surface area contributed by atoms with Gasteiger partial charge in [-0.3, -0.25) is 4.79 Å². The lowest BCUT2D eigenvalue weighted by molar-refractivity contribution is 0.0951. The normalized spacial score (nSPS) is 10.3. The Hall–Kier alpha value is -2.37. The molecule has 3 aromatic rings. The molecule has 0 atom stereocenters. The number of carbonyl (C=O) groups is 1. The van der Waals surface area contributed by atoms with Crippen LogP contribution in [0.1, 0.15) is 21.5 Å². The molecule has 2 aromatic heterocycles. The van der Waals surface area contributed by atoms with Crippen molar-refractivity contribution in [2.45, 2.75) is 13.0 Å². The van der Waals surface area contributed by atoms with E-state index in [1.807, 2.05) is 48.7 Å². The Kier molecular flexibility index (Phi) is 5.73. The van der Waals surface area contributed by atoms with Crippen LogP contribution in [0.4, 0.5) is 0 Å². The fourth-order valence-electron chi connectivity index (χ4n) is 2.43. The Bertz CT molecular complexity index is 783. The topological polar surface area (TPSA) is 72.4 Å². The highest BCUT2D eigenvalue weighted by Gasteiger charge is 2.07. The minimum absolute atomic E-state index is 0. The molecule has 0 bridgehead atoms. The first-order chi connectivity index (χ1) is 10.8. The predicted molar refractivity (Wildman–Crippen MR) is 92.8 cm³/mol. The summed E-state index contributed by atoms with van der Waals surface area (Å²) in [5.41, 5.74) is 9.35. The molecule has 2 heterocycles. The average molecular weight is 331 g/mol. The van der Waals surface area contributed by atoms with Gasteiger partial charge in [-0.05, 0) is 48.4 Å². The average Bonchev–Trinajstić information content (AvgIpc) is 3.03. The Balaban J connectivity index is 0.00000192. The van der Waals surface area contributed by atoms with Crippen molar-refractivity contribution in [3.8, 4) is 0 Å². The second-order valence-electron chi connectivity index (χ2n) is 5.11. The molecule has 1 amide bonds. The number of pyridine rings is 1. The molecular weight excluding hydrogens is 312 g/mol. The number of amides is 1. The van der Waals surface area contributed by atoms with Gasteiger partial charge >= 0.3 is 0 Å². The molecule has 120 valence electrons. The number of carbonyl (C=O) groups excluding carboxylic acids is 1. The molecule has 3 N–H and O–H groups in total. The summed E-state index contributed by atoms with van der Waals surface area (Å²) in [7, 11) is 0. The third-order valence-electron chi connectivity index (χ3n) is 3.61. The van der Waals surface area contributed by atoms with Gasteiger partial charge in [-0.2, -0.15) is 5.10 Å². The van der Waals surface area contributed by atoms with Crippen LogP contribution in [-0.4, -0.2) is 22.1 Å². The van der Waals surface area contributed by atoms with Crippen LogP contribution in [0.3, 0.4) is 0 Å². The highest BCUT2D eigenvalue weighted by molar-refractivity contribution is 5.94. The monoisotopic (exact) mass is 330 g/mol. The van der Waals surface area contributed by atoms with Crippen LogP contribution >= 0.6 is 12.4 Å². The summed E-state index contributed by atoms with van der Waals surface area (Å²) in [4.78, 5) is 12.2. The minimum Gasteiger partial charge on any atom is -0.348 e. The van der Waals surface area contributed by atoms with Crippen molar-refractivity contribution in [3.05, 3.63) is 71.5 Å². The maximum absolute atomic E-state index is 12.2. The molecule has 0 fully saturated rings. The maximum Gasteiger partial charge on any atom is 0.251 e. The highest BCUT2D eigenvalue weighted by atomic mass is 35.5. The van der Waals surface area contributed by atoms with Crippen molar-refractivity contribution in [2.24, 2.45) is 5.73 Å². The van der Waals surface area contributed by atoms with Crippen LogP contribution in [0.5, 0.6) is 0 Å². The minimum atomic E-state index is -0.0826. The van der Waals surface area contributed by atoms with Crippen molar-refractivity contribution in [1.29, 1.82) is 0 Å². The predicted octanol–water partition coefficient (Wildman–Crippen LogP) is 2.19. The molecule has 3 rings (SSSR count). The van der Waals surface area contributed by atoms with E-state index in [-0.39, 0.29) is 18.3 Å². The Morgan fingerprint density at radius 1 is 1.17 bits per heavy atom. The lowest BCUT2D eigenvalue weighted by Crippen LogP contribution is -2.23. The second kappa shape index (κ2) is 7.76. The van der Waals surface area contributed by atoms with Crippen LogP contribution in [-0.2, 0) is 13.0 Å². The fourth-order valence-corrected chi connectivity index (χ4v) is 2.43. The number of nitrogens with one attached hydrogen (secondary N) is 1. The number of benzene rings is 1. The summed E-state index contributed by atoms with van der Waals surface area (Å²) >= 11 is 0. The van der Waals surface area contributed by atoms with Crippen molar-refractivity contribution in [1.82, 2.24) is 14.9 Å². The quantitative estimate of drug-likeness (QED) is 0.753. The Labute approximate surface area is 140 Å². The number of aromatic nitrogens is 2. The van der Waals surface area contributed by atoms with Gasteiger partial charge in [0.05, 0.1) is 5.52 Å². The third kappa shape index (κ3) is 3.88. The zero-order valence-corrected chi connectivity index (χ0v) is 13.4. The number of halogens is 1. The number of nitrogens with two attached hydrogens (primary N) is 1. The fraction of sp³-hybridized carbons (Fsp3) is 0.176. The molecule has 0 saturated carbocycles. The first-order valence-electron chi connectivity index (χ1n) is 7.26. The van der Waals surface area contributed by atoms with E-state index in [0.717, 1.165) is 23.1 Å². The number of fused-ring (bicyclic) bond motifs is 1. The van der Waals surface area contributed by atoms with Crippen LogP contribution in [0.25, 0.3) is 5.52 Å². The van der Waals surface area contributed by atoms with Crippen LogP contribution < -0.4 is 11.1 Å². The SMILES string of the molecule is Cl.NCCc1ccc(C(=O)NCc2cccn3nccc23)cc1. The van der Waals surface area contributed by atoms with E-state index in [1.165, 1.54) is 0 Å². The summed E-state index contributed by atoms with van der Waals surface area (Å²) in [6.07, 6.45) is 4.46. The zero-order chi connectivity index (χ0) is 15.4. The summed E-state index contributed by atoms with van der Waals surface area (Å²) in [6.45, 7) is 1.08. The molecule has 0 radical (unpaired) electrons. The van der Waals surface area contributed by atoms with Gasteiger partial charge < -0.3 is 11.1 Å². The maximum atomic E-state index is 12.2. The van der Waals surface area contributed by atoms with Crippen molar-refractivity contribution in [2.75, 3.05) is 6.54 Å². The standard InChI is InChI=1S/C17H18N4O.ClH/c18-9-7-13-3-5-14(6-4-13)17(22)19-12-15-2-1-11-21-16(15)8-10-20-21;/h1-6,8,10-11H,7,9,12,18H2,(H,19,22);1H. The van der Waals surface area contributed by atoms with E-state index in [0.29, 0.717) is 18.7 Å². The summed E-state index contributed by atoms with van der Waals surface area (Å²) in [5, 5.41) is 7.13. The van der Waals surface area contributed by atoms with Gasteiger partial charge in [0.2, 0.25) is 0 Å². The molecule has 0 saturated heterocycles. The molecule has 1 aromatic carbocycles. The smallest absolute Gasteiger partial charge is 0.251 e. The van der Waals surface area contributed by atoms with E-state index in [1.54, 1.807) is 10.7 Å². The van der Waals surface area contributed by atoms with E-state index >= 15 is 0 Å². The van der Waals surface area contributed by atoms with Gasteiger partial charge in [-0.15, -0.1) is 12.4 Å². The molecular formula is C17H19ClN4O. The first kappa shape index (κ1) is 17.0. The van der Waals surface area contributed by atoms with E-state index in [4.69, 9.17) is 5.73 Å². The van der Waals surface area contributed by atoms with E-state index in [9.17, 15) is 4.79 Å². The highest BCUT2D eigenvalue weighted by Crippen LogP contribution is 2.10. The zero-order valence-electron chi connectivity index (χ0n) is 12.6. The van der Waals surface area contributed by atoms with E-state index in [2.05, 4.69) is 10.4 Å². The molecule has 0 aliphatic carbocycles. The lowest BCUT2D eigenvalue weighted by Gasteiger charge is -2.07. The van der Waals surface area contributed by atoms with Gasteiger partial charge in [0, 0.05) is 24.5 Å². The summed E-state index contributed by atoms with van der Waals surface area (Å²) in [6, 6.07) is 13.4. The van der Waals surface area contributed by atoms with Crippen molar-refractivity contribution < 1.29 is 4.79 Å². The van der Waals surface area contributed by atoms with Gasteiger partial charge in [-0.1, -0.05) is 18.2 Å². The molecule has 0 aliphatic rings. The molecule has 23 heavy (non-hydrogen) atoms. The van der Waals surface area contributed by atoms with Crippen LogP contribution in [0.2, 0.25) is 0 Å². The molecule has 0 spiro atoms. The number of hydrogen-bond donors (Lipinski definition) is 2. The van der Waals surface area contributed by atoms with Crippen molar-refractivity contribution >= 4 is 23.8 Å². The van der Waals surface area contributed by atoms with Crippen LogP contribution in [0.15, 0.2) is 54.9 Å². The van der Waals surface area contributed by atoms with E-state index < -0.39 is 0 Å². The van der Waals surface area contributed by atoms with Crippen molar-refractivity contribution in [3.63, 3.8) is 0 Å². The number of nitrogens with zero attached hydrogens (tertiary/aromatic N) is 2.